The van der Waals surface area contributed by atoms with Gasteiger partial charge in [-0.25, -0.2) is 4.98 Å². The number of hydrogen-bond donors (Lipinski definition) is 2. The Morgan fingerprint density at radius 3 is 2.80 bits per heavy atom. The van der Waals surface area contributed by atoms with Gasteiger partial charge in [-0.15, -0.1) is 0 Å². The first kappa shape index (κ1) is 14.7. The summed E-state index contributed by atoms with van der Waals surface area (Å²) in [5.74, 6) is 0.676. The van der Waals surface area contributed by atoms with Gasteiger partial charge in [0.25, 0.3) is 0 Å². The second-order valence-corrected chi connectivity index (χ2v) is 5.17. The van der Waals surface area contributed by atoms with Crippen LogP contribution >= 0.6 is 15.9 Å². The van der Waals surface area contributed by atoms with Gasteiger partial charge in [0.1, 0.15) is 4.60 Å². The van der Waals surface area contributed by atoms with Crippen molar-refractivity contribution < 1.29 is 9.84 Å². The summed E-state index contributed by atoms with van der Waals surface area (Å²) in [6.45, 7) is 5.02. The predicted molar refractivity (Wildman–Crippen MR) is 83.3 cm³/mol. The van der Waals surface area contributed by atoms with E-state index in [0.717, 1.165) is 21.5 Å². The molecule has 0 atom stereocenters. The summed E-state index contributed by atoms with van der Waals surface area (Å²) < 4.78 is 6.20. The molecule has 1 heterocycles. The first-order chi connectivity index (χ1) is 9.60. The molecule has 106 valence electrons. The topological polar surface area (TPSA) is 54.4 Å². The highest BCUT2D eigenvalue weighted by atomic mass is 79.9. The van der Waals surface area contributed by atoms with Crippen molar-refractivity contribution in [3.8, 4) is 11.5 Å². The fourth-order valence-corrected chi connectivity index (χ4v) is 2.25. The zero-order valence-corrected chi connectivity index (χ0v) is 13.1. The Labute approximate surface area is 126 Å². The number of rotatable bonds is 5. The number of nitrogens with one attached hydrogen (secondary N) is 1. The third kappa shape index (κ3) is 3.63. The van der Waals surface area contributed by atoms with Crippen molar-refractivity contribution in [1.82, 2.24) is 4.98 Å². The van der Waals surface area contributed by atoms with Crippen LogP contribution in [0, 0.1) is 6.92 Å². The highest BCUT2D eigenvalue weighted by Crippen LogP contribution is 2.27. The molecule has 0 aliphatic heterocycles. The zero-order valence-electron chi connectivity index (χ0n) is 11.5. The van der Waals surface area contributed by atoms with Gasteiger partial charge in [0, 0.05) is 6.54 Å². The number of phenolic OH excluding ortho intramolecular Hbond substituents is 1. The van der Waals surface area contributed by atoms with E-state index >= 15 is 0 Å². The smallest absolute Gasteiger partial charge is 0.161 e. The van der Waals surface area contributed by atoms with Crippen LogP contribution < -0.4 is 10.1 Å². The Kier molecular flexibility index (Phi) is 4.84. The van der Waals surface area contributed by atoms with Crippen LogP contribution in [-0.4, -0.2) is 16.7 Å². The highest BCUT2D eigenvalue weighted by Gasteiger charge is 2.05. The molecule has 0 saturated carbocycles. The molecule has 4 nitrogen and oxygen atoms in total. The average molecular weight is 337 g/mol. The molecule has 1 aromatic carbocycles. The summed E-state index contributed by atoms with van der Waals surface area (Å²) in [6, 6.07) is 9.24. The molecule has 0 spiro atoms. The van der Waals surface area contributed by atoms with Gasteiger partial charge in [0.05, 0.1) is 18.0 Å². The summed E-state index contributed by atoms with van der Waals surface area (Å²) in [5.41, 5.74) is 2.95. The van der Waals surface area contributed by atoms with Crippen LogP contribution in [0.1, 0.15) is 18.2 Å². The highest BCUT2D eigenvalue weighted by molar-refractivity contribution is 9.10. The Hall–Kier alpha value is -1.75. The largest absolute Gasteiger partial charge is 0.504 e. The number of benzene rings is 1. The second-order valence-electron chi connectivity index (χ2n) is 4.36. The van der Waals surface area contributed by atoms with E-state index in [1.807, 2.05) is 38.1 Å². The lowest BCUT2D eigenvalue weighted by Gasteiger charge is -2.11. The quantitative estimate of drug-likeness (QED) is 0.814. The molecule has 1 aromatic heterocycles. The maximum absolute atomic E-state index is 9.67. The van der Waals surface area contributed by atoms with Crippen molar-refractivity contribution in [3.63, 3.8) is 0 Å². The van der Waals surface area contributed by atoms with Crippen molar-refractivity contribution in [2.45, 2.75) is 20.4 Å². The number of ether oxygens (including phenoxy) is 1. The van der Waals surface area contributed by atoms with Crippen molar-refractivity contribution in [3.05, 3.63) is 46.2 Å². The molecular weight excluding hydrogens is 320 g/mol. The number of aromatic hydroxyl groups is 1. The molecule has 5 heteroatoms. The molecule has 0 unspecified atom stereocenters. The molecule has 0 radical (unpaired) electrons. The van der Waals surface area contributed by atoms with Crippen LogP contribution in [-0.2, 0) is 6.54 Å². The molecule has 20 heavy (non-hydrogen) atoms. The molecule has 0 bridgehead atoms. The minimum atomic E-state index is 0.164. The summed E-state index contributed by atoms with van der Waals surface area (Å²) in [5, 5.41) is 13.0. The van der Waals surface area contributed by atoms with E-state index in [1.54, 1.807) is 6.07 Å². The third-order valence-electron chi connectivity index (χ3n) is 2.86. The number of halogens is 1. The molecule has 2 N–H and O–H groups in total. The first-order valence-corrected chi connectivity index (χ1v) is 7.21. The molecule has 2 aromatic rings. The maximum atomic E-state index is 9.67. The fourth-order valence-electron chi connectivity index (χ4n) is 1.85. The molecule has 2 rings (SSSR count). The van der Waals surface area contributed by atoms with Crippen LogP contribution in [0.5, 0.6) is 11.5 Å². The number of pyridine rings is 1. The number of phenols is 1. The molecule has 0 aliphatic carbocycles. The van der Waals surface area contributed by atoms with Gasteiger partial charge in [-0.1, -0.05) is 6.07 Å². The standard InChI is InChI=1S/C15H17BrN2O2/c1-3-20-14-8-11(4-6-13(14)19)9-17-12-5-7-15(16)18-10(12)2/h4-8,17,19H,3,9H2,1-2H3. The Bertz CT molecular complexity index is 602. The van der Waals surface area contributed by atoms with E-state index in [-0.39, 0.29) is 5.75 Å². The van der Waals surface area contributed by atoms with E-state index in [0.29, 0.717) is 18.9 Å². The number of aryl methyl sites for hydroxylation is 1. The molecule has 0 fully saturated rings. The number of anilines is 1. The predicted octanol–water partition coefficient (Wildman–Crippen LogP) is 3.87. The molecule has 0 aliphatic rings. The average Bonchev–Trinajstić information content (AvgIpc) is 2.41. The number of aromatic nitrogens is 1. The normalized spacial score (nSPS) is 10.3. The zero-order chi connectivity index (χ0) is 14.5. The van der Waals surface area contributed by atoms with Gasteiger partial charge in [-0.2, -0.15) is 0 Å². The fraction of sp³-hybridized carbons (Fsp3) is 0.267. The van der Waals surface area contributed by atoms with Crippen molar-refractivity contribution in [2.24, 2.45) is 0 Å². The minimum absolute atomic E-state index is 0.164. The summed E-state index contributed by atoms with van der Waals surface area (Å²) in [4.78, 5) is 4.34. The Morgan fingerprint density at radius 1 is 1.30 bits per heavy atom. The van der Waals surface area contributed by atoms with Gasteiger partial charge >= 0.3 is 0 Å². The lowest BCUT2D eigenvalue weighted by molar-refractivity contribution is 0.318. The van der Waals surface area contributed by atoms with Crippen LogP contribution in [0.4, 0.5) is 5.69 Å². The van der Waals surface area contributed by atoms with E-state index in [2.05, 4.69) is 26.2 Å². The first-order valence-electron chi connectivity index (χ1n) is 6.42. The molecular formula is C15H17BrN2O2. The third-order valence-corrected chi connectivity index (χ3v) is 3.30. The van der Waals surface area contributed by atoms with Crippen molar-refractivity contribution in [2.75, 3.05) is 11.9 Å². The summed E-state index contributed by atoms with van der Waals surface area (Å²) in [6.07, 6.45) is 0. The van der Waals surface area contributed by atoms with E-state index in [4.69, 9.17) is 4.74 Å². The van der Waals surface area contributed by atoms with Crippen LogP contribution in [0.25, 0.3) is 0 Å². The Morgan fingerprint density at radius 2 is 2.10 bits per heavy atom. The van der Waals surface area contributed by atoms with E-state index < -0.39 is 0 Å². The van der Waals surface area contributed by atoms with Crippen LogP contribution in [0.3, 0.4) is 0 Å². The second kappa shape index (κ2) is 6.61. The van der Waals surface area contributed by atoms with Gasteiger partial charge in [-0.3, -0.25) is 0 Å². The van der Waals surface area contributed by atoms with Crippen LogP contribution in [0.15, 0.2) is 34.9 Å². The van der Waals surface area contributed by atoms with Gasteiger partial charge in [-0.05, 0) is 59.6 Å². The monoisotopic (exact) mass is 336 g/mol. The van der Waals surface area contributed by atoms with Gasteiger partial charge in [0.2, 0.25) is 0 Å². The lowest BCUT2D eigenvalue weighted by atomic mass is 10.2. The molecule has 0 saturated heterocycles. The van der Waals surface area contributed by atoms with Crippen molar-refractivity contribution >= 4 is 21.6 Å². The minimum Gasteiger partial charge on any atom is -0.504 e. The SMILES string of the molecule is CCOc1cc(CNc2ccc(Br)nc2C)ccc1O. The van der Waals surface area contributed by atoms with Crippen LogP contribution in [0.2, 0.25) is 0 Å². The van der Waals surface area contributed by atoms with E-state index in [1.165, 1.54) is 0 Å². The van der Waals surface area contributed by atoms with Crippen molar-refractivity contribution in [1.29, 1.82) is 0 Å². The van der Waals surface area contributed by atoms with Gasteiger partial charge < -0.3 is 15.2 Å². The molecule has 0 amide bonds. The number of nitrogens with zero attached hydrogens (tertiary/aromatic N) is 1. The van der Waals surface area contributed by atoms with Gasteiger partial charge in [0.15, 0.2) is 11.5 Å². The summed E-state index contributed by atoms with van der Waals surface area (Å²) >= 11 is 3.34. The maximum Gasteiger partial charge on any atom is 0.161 e. The number of hydrogen-bond acceptors (Lipinski definition) is 4. The van der Waals surface area contributed by atoms with E-state index in [9.17, 15) is 5.11 Å². The Balaban J connectivity index is 2.08. The summed E-state index contributed by atoms with van der Waals surface area (Å²) in [7, 11) is 0. The lowest BCUT2D eigenvalue weighted by Crippen LogP contribution is -2.03.